The number of aromatic nitrogens is 3. The molecule has 3 rings (SSSR count). The number of nitrogens with zero attached hydrogens (tertiary/aromatic N) is 3. The highest BCUT2D eigenvalue weighted by molar-refractivity contribution is 5.63. The first-order valence-electron chi connectivity index (χ1n) is 13.3. The molecule has 0 aliphatic heterocycles. The Morgan fingerprint density at radius 1 is 0.778 bits per heavy atom. The lowest BCUT2D eigenvalue weighted by Gasteiger charge is -2.10. The quantitative estimate of drug-likeness (QED) is 0.181. The van der Waals surface area contributed by atoms with Crippen LogP contribution in [0.5, 0.6) is 5.75 Å². The number of benzene rings is 1. The summed E-state index contributed by atoms with van der Waals surface area (Å²) < 4.78 is 24.6. The van der Waals surface area contributed by atoms with Gasteiger partial charge in [-0.15, -0.1) is 0 Å². The molecule has 3 aromatic rings. The number of aryl methyl sites for hydroxylation is 1. The molecule has 0 aliphatic rings. The number of pyridine rings is 1. The number of alkyl halides is 1. The van der Waals surface area contributed by atoms with Gasteiger partial charge >= 0.3 is 0 Å². The van der Waals surface area contributed by atoms with Crippen LogP contribution in [-0.2, 0) is 11.2 Å². The van der Waals surface area contributed by atoms with E-state index in [1.807, 2.05) is 12.1 Å². The molecule has 1 aromatic carbocycles. The van der Waals surface area contributed by atoms with Crippen molar-refractivity contribution in [3.05, 3.63) is 60.6 Å². The summed E-state index contributed by atoms with van der Waals surface area (Å²) in [4.78, 5) is 13.4. The molecule has 2 aromatic heterocycles. The topological polar surface area (TPSA) is 57.1 Å². The van der Waals surface area contributed by atoms with E-state index in [-0.39, 0.29) is 6.61 Å². The summed E-state index contributed by atoms with van der Waals surface area (Å²) in [6.45, 7) is 2.99. The van der Waals surface area contributed by atoms with Crippen LogP contribution in [0.4, 0.5) is 4.39 Å². The molecular weight excluding hydrogens is 453 g/mol. The molecular formula is C30H40FN3O2. The van der Waals surface area contributed by atoms with Gasteiger partial charge in [0, 0.05) is 31.0 Å². The molecule has 0 radical (unpaired) electrons. The smallest absolute Gasteiger partial charge is 0.160 e. The second kappa shape index (κ2) is 16.0. The first kappa shape index (κ1) is 27.7. The first-order chi connectivity index (χ1) is 17.7. The summed E-state index contributed by atoms with van der Waals surface area (Å²) >= 11 is 0. The van der Waals surface area contributed by atoms with Gasteiger partial charge in [0.05, 0.1) is 18.1 Å². The molecule has 36 heavy (non-hydrogen) atoms. The number of halogens is 1. The van der Waals surface area contributed by atoms with Gasteiger partial charge in [-0.25, -0.2) is 14.4 Å². The lowest BCUT2D eigenvalue weighted by molar-refractivity contribution is 0.174. The number of ether oxygens (including phenoxy) is 2. The van der Waals surface area contributed by atoms with Crippen molar-refractivity contribution in [2.24, 2.45) is 0 Å². The lowest BCUT2D eigenvalue weighted by Crippen LogP contribution is -2.13. The van der Waals surface area contributed by atoms with Gasteiger partial charge in [0.25, 0.3) is 0 Å². The Morgan fingerprint density at radius 3 is 2.19 bits per heavy atom. The van der Waals surface area contributed by atoms with Gasteiger partial charge in [-0.3, -0.25) is 4.98 Å². The fourth-order valence-corrected chi connectivity index (χ4v) is 4.07. The fraction of sp³-hybridized carbons (Fsp3) is 0.500. The monoisotopic (exact) mass is 493 g/mol. The van der Waals surface area contributed by atoms with E-state index < -0.39 is 6.17 Å². The summed E-state index contributed by atoms with van der Waals surface area (Å²) in [6, 6.07) is 12.7. The molecule has 2 heterocycles. The molecule has 0 aliphatic carbocycles. The van der Waals surface area contributed by atoms with Crippen LogP contribution in [0.2, 0.25) is 0 Å². The van der Waals surface area contributed by atoms with Crippen molar-refractivity contribution in [2.75, 3.05) is 20.3 Å². The van der Waals surface area contributed by atoms with E-state index >= 15 is 0 Å². The van der Waals surface area contributed by atoms with Crippen LogP contribution in [0, 0.1) is 0 Å². The van der Waals surface area contributed by atoms with Gasteiger partial charge in [0.2, 0.25) is 0 Å². The van der Waals surface area contributed by atoms with Gasteiger partial charge < -0.3 is 9.47 Å². The molecule has 0 unspecified atom stereocenters. The largest absolute Gasteiger partial charge is 0.487 e. The second-order valence-electron chi connectivity index (χ2n) is 9.29. The van der Waals surface area contributed by atoms with Crippen molar-refractivity contribution in [3.8, 4) is 28.4 Å². The summed E-state index contributed by atoms with van der Waals surface area (Å²) in [7, 11) is 1.68. The zero-order chi connectivity index (χ0) is 25.4. The number of hydrogen-bond donors (Lipinski definition) is 0. The van der Waals surface area contributed by atoms with E-state index in [1.54, 1.807) is 25.7 Å². The van der Waals surface area contributed by atoms with Crippen LogP contribution in [0.3, 0.4) is 0 Å². The number of rotatable bonds is 17. The third kappa shape index (κ3) is 9.65. The van der Waals surface area contributed by atoms with Crippen LogP contribution in [-0.4, -0.2) is 41.4 Å². The first-order valence-corrected chi connectivity index (χ1v) is 13.3. The normalized spacial score (nSPS) is 12.0. The van der Waals surface area contributed by atoms with Crippen molar-refractivity contribution < 1.29 is 13.9 Å². The van der Waals surface area contributed by atoms with Gasteiger partial charge in [0.1, 0.15) is 12.8 Å². The Morgan fingerprint density at radius 2 is 1.50 bits per heavy atom. The minimum atomic E-state index is -0.996. The molecule has 0 fully saturated rings. The Hall–Kier alpha value is -2.86. The van der Waals surface area contributed by atoms with Crippen LogP contribution < -0.4 is 4.74 Å². The van der Waals surface area contributed by atoms with E-state index in [4.69, 9.17) is 9.47 Å². The zero-order valence-corrected chi connectivity index (χ0v) is 21.8. The Labute approximate surface area is 215 Å². The maximum atomic E-state index is 14.0. The van der Waals surface area contributed by atoms with Crippen LogP contribution in [0.15, 0.2) is 55.0 Å². The molecule has 0 amide bonds. The average molecular weight is 494 g/mol. The molecule has 0 bridgehead atoms. The minimum Gasteiger partial charge on any atom is -0.487 e. The Kier molecular flexibility index (Phi) is 12.3. The van der Waals surface area contributed by atoms with Gasteiger partial charge in [-0.1, -0.05) is 69.7 Å². The van der Waals surface area contributed by atoms with Gasteiger partial charge in [-0.2, -0.15) is 0 Å². The predicted molar refractivity (Wildman–Crippen MR) is 144 cm³/mol. The van der Waals surface area contributed by atoms with E-state index in [0.29, 0.717) is 18.0 Å². The van der Waals surface area contributed by atoms with Gasteiger partial charge in [0.15, 0.2) is 11.6 Å². The molecule has 1 atom stereocenters. The summed E-state index contributed by atoms with van der Waals surface area (Å²) in [5, 5.41) is 0. The summed E-state index contributed by atoms with van der Waals surface area (Å²) in [6.07, 6.45) is 14.8. The van der Waals surface area contributed by atoms with E-state index in [9.17, 15) is 4.39 Å². The van der Waals surface area contributed by atoms with E-state index in [0.717, 1.165) is 49.1 Å². The van der Waals surface area contributed by atoms with Crippen molar-refractivity contribution in [3.63, 3.8) is 0 Å². The third-order valence-electron chi connectivity index (χ3n) is 6.27. The molecule has 5 nitrogen and oxygen atoms in total. The molecule has 0 saturated carbocycles. The highest BCUT2D eigenvalue weighted by atomic mass is 19.1. The van der Waals surface area contributed by atoms with Crippen LogP contribution in [0.25, 0.3) is 22.6 Å². The van der Waals surface area contributed by atoms with Crippen molar-refractivity contribution in [2.45, 2.75) is 77.3 Å². The number of methoxy groups -OCH3 is 1. The molecule has 0 N–H and O–H groups in total. The highest BCUT2D eigenvalue weighted by Crippen LogP contribution is 2.22. The number of unbranched alkanes of at least 4 members (excludes halogenated alkanes) is 6. The zero-order valence-electron chi connectivity index (χ0n) is 21.8. The fourth-order valence-electron chi connectivity index (χ4n) is 4.07. The molecule has 6 heteroatoms. The minimum absolute atomic E-state index is 0.0148. The predicted octanol–water partition coefficient (Wildman–Crippen LogP) is 7.64. The Bertz CT molecular complexity index is 979. The molecule has 0 spiro atoms. The summed E-state index contributed by atoms with van der Waals surface area (Å²) in [5.41, 5.74) is 4.22. The maximum absolute atomic E-state index is 14.0. The van der Waals surface area contributed by atoms with Crippen molar-refractivity contribution >= 4 is 0 Å². The summed E-state index contributed by atoms with van der Waals surface area (Å²) in [5.74, 6) is 1.03. The third-order valence-corrected chi connectivity index (χ3v) is 6.27. The lowest BCUT2D eigenvalue weighted by atomic mass is 10.0. The van der Waals surface area contributed by atoms with E-state index in [2.05, 4.69) is 46.1 Å². The Balaban J connectivity index is 1.45. The van der Waals surface area contributed by atoms with Crippen molar-refractivity contribution in [1.82, 2.24) is 15.0 Å². The molecule has 194 valence electrons. The maximum Gasteiger partial charge on any atom is 0.160 e. The highest BCUT2D eigenvalue weighted by Gasteiger charge is 2.09. The van der Waals surface area contributed by atoms with E-state index in [1.165, 1.54) is 37.7 Å². The van der Waals surface area contributed by atoms with Crippen LogP contribution in [0.1, 0.15) is 70.3 Å². The number of hydrogen-bond acceptors (Lipinski definition) is 5. The average Bonchev–Trinajstić information content (AvgIpc) is 2.92. The standard InChI is InChI=1S/C30H40FN3O2/c1-3-4-5-6-8-11-24-13-15-25(16-14-24)29-18-17-26(20-32-29)30-33-21-28(22-34-30)36-23-27(31)12-9-7-10-19-35-2/h13-18,20-22,27H,3-12,19,23H2,1-2H3/t27-/m0/s1. The second-order valence-corrected chi connectivity index (χ2v) is 9.29. The molecule has 0 saturated heterocycles. The van der Waals surface area contributed by atoms with Gasteiger partial charge in [-0.05, 0) is 43.4 Å². The van der Waals surface area contributed by atoms with Crippen molar-refractivity contribution in [1.29, 1.82) is 0 Å². The van der Waals surface area contributed by atoms with Crippen LogP contribution >= 0.6 is 0 Å². The SMILES string of the molecule is CCCCCCCc1ccc(-c2ccc(-c3ncc(OC[C@@H](F)CCCCCOC)cn3)cn2)cc1.